The number of carboxylic acids is 1. The van der Waals surface area contributed by atoms with Gasteiger partial charge in [0.25, 0.3) is 0 Å². The van der Waals surface area contributed by atoms with Crippen LogP contribution in [0.25, 0.3) is 11.0 Å². The molecule has 0 saturated carbocycles. The molecule has 4 rings (SSSR count). The first-order valence-electron chi connectivity index (χ1n) is 7.86. The van der Waals surface area contributed by atoms with E-state index in [1.807, 2.05) is 31.2 Å². The second-order valence-corrected chi connectivity index (χ2v) is 5.27. The SMILES string of the molecule is Cc1cccc2n[nH]nc12.O=C(O)c1ccccc1.Oc1ccccc1. The van der Waals surface area contributed by atoms with Crippen molar-refractivity contribution in [2.75, 3.05) is 0 Å². The minimum atomic E-state index is -0.879. The van der Waals surface area contributed by atoms with Gasteiger partial charge in [0.15, 0.2) is 0 Å². The third kappa shape index (κ3) is 5.76. The molecule has 0 aliphatic carbocycles. The molecule has 4 aromatic rings. The third-order valence-corrected chi connectivity index (χ3v) is 3.33. The predicted octanol–water partition coefficient (Wildman–Crippen LogP) is 4.04. The van der Waals surface area contributed by atoms with Crippen LogP contribution in [0.15, 0.2) is 78.9 Å². The number of aryl methyl sites for hydroxylation is 1. The number of hydrogen-bond donors (Lipinski definition) is 3. The van der Waals surface area contributed by atoms with E-state index in [0.29, 0.717) is 11.3 Å². The Hall–Kier alpha value is -3.67. The fourth-order valence-corrected chi connectivity index (χ4v) is 2.02. The summed E-state index contributed by atoms with van der Waals surface area (Å²) in [6.45, 7) is 2.02. The summed E-state index contributed by atoms with van der Waals surface area (Å²) in [7, 11) is 0. The zero-order valence-electron chi connectivity index (χ0n) is 14.2. The van der Waals surface area contributed by atoms with E-state index < -0.39 is 5.97 Å². The number of carbonyl (C=O) groups is 1. The van der Waals surface area contributed by atoms with Gasteiger partial charge in [-0.05, 0) is 42.8 Å². The predicted molar refractivity (Wildman–Crippen MR) is 100 cm³/mol. The van der Waals surface area contributed by atoms with Gasteiger partial charge in [-0.15, -0.1) is 0 Å². The van der Waals surface area contributed by atoms with Crippen molar-refractivity contribution in [2.45, 2.75) is 6.92 Å². The van der Waals surface area contributed by atoms with E-state index in [1.54, 1.807) is 54.6 Å². The van der Waals surface area contributed by atoms with Crippen molar-refractivity contribution >= 4 is 17.0 Å². The van der Waals surface area contributed by atoms with Gasteiger partial charge in [0, 0.05) is 0 Å². The van der Waals surface area contributed by atoms with Gasteiger partial charge >= 0.3 is 5.97 Å². The highest BCUT2D eigenvalue weighted by atomic mass is 16.4. The Kier molecular flexibility index (Phi) is 6.88. The summed E-state index contributed by atoms with van der Waals surface area (Å²) < 4.78 is 0. The number of aromatic amines is 1. The lowest BCUT2D eigenvalue weighted by Gasteiger charge is -1.88. The Bertz CT molecular complexity index is 938. The molecular formula is C20H19N3O3. The molecule has 0 aliphatic rings. The summed E-state index contributed by atoms with van der Waals surface area (Å²) in [4.78, 5) is 10.2. The largest absolute Gasteiger partial charge is 0.508 e. The summed E-state index contributed by atoms with van der Waals surface area (Å²) >= 11 is 0. The Balaban J connectivity index is 0.000000143. The molecule has 0 unspecified atom stereocenters. The highest BCUT2D eigenvalue weighted by molar-refractivity contribution is 5.87. The molecule has 0 aliphatic heterocycles. The number of aromatic nitrogens is 3. The number of fused-ring (bicyclic) bond motifs is 1. The highest BCUT2D eigenvalue weighted by Crippen LogP contribution is 2.10. The molecule has 3 aromatic carbocycles. The molecule has 0 spiro atoms. The molecule has 3 N–H and O–H groups in total. The lowest BCUT2D eigenvalue weighted by atomic mass is 10.2. The quantitative estimate of drug-likeness (QED) is 0.481. The number of phenolic OH excluding ortho intramolecular Hbond substituents is 1. The maximum absolute atomic E-state index is 10.2. The van der Waals surface area contributed by atoms with E-state index in [2.05, 4.69) is 15.4 Å². The first kappa shape index (κ1) is 18.7. The van der Waals surface area contributed by atoms with Crippen molar-refractivity contribution in [1.82, 2.24) is 15.4 Å². The second-order valence-electron chi connectivity index (χ2n) is 5.27. The van der Waals surface area contributed by atoms with Gasteiger partial charge in [-0.25, -0.2) is 4.79 Å². The summed E-state index contributed by atoms with van der Waals surface area (Å²) in [6.07, 6.45) is 0. The number of carboxylic acid groups (broad SMARTS) is 1. The zero-order chi connectivity index (χ0) is 18.8. The number of hydrogen-bond acceptors (Lipinski definition) is 4. The molecule has 0 atom stereocenters. The Labute approximate surface area is 150 Å². The molecule has 1 heterocycles. The maximum Gasteiger partial charge on any atom is 0.335 e. The Morgan fingerprint density at radius 1 is 0.846 bits per heavy atom. The number of nitrogens with one attached hydrogen (secondary N) is 1. The van der Waals surface area contributed by atoms with Crippen LogP contribution in [0.1, 0.15) is 15.9 Å². The van der Waals surface area contributed by atoms with Crippen LogP contribution in [0.5, 0.6) is 5.75 Å². The van der Waals surface area contributed by atoms with E-state index in [4.69, 9.17) is 10.2 Å². The normalized spacial score (nSPS) is 9.42. The van der Waals surface area contributed by atoms with Crippen LogP contribution in [0.4, 0.5) is 0 Å². The highest BCUT2D eigenvalue weighted by Gasteiger charge is 1.97. The van der Waals surface area contributed by atoms with Crippen LogP contribution in [-0.2, 0) is 0 Å². The van der Waals surface area contributed by atoms with Gasteiger partial charge < -0.3 is 10.2 Å². The van der Waals surface area contributed by atoms with Crippen molar-refractivity contribution in [1.29, 1.82) is 0 Å². The molecule has 6 nitrogen and oxygen atoms in total. The summed E-state index contributed by atoms with van der Waals surface area (Å²) in [6, 6.07) is 22.9. The summed E-state index contributed by atoms with van der Waals surface area (Å²) in [5.41, 5.74) is 3.38. The second kappa shape index (κ2) is 9.58. The Morgan fingerprint density at radius 3 is 1.92 bits per heavy atom. The summed E-state index contributed by atoms with van der Waals surface area (Å²) in [5, 5.41) is 27.5. The van der Waals surface area contributed by atoms with E-state index in [-0.39, 0.29) is 0 Å². The number of rotatable bonds is 1. The number of H-pyrrole nitrogens is 1. The smallest absolute Gasteiger partial charge is 0.335 e. The average Bonchev–Trinajstić information content (AvgIpc) is 3.14. The molecule has 1 aromatic heterocycles. The lowest BCUT2D eigenvalue weighted by Crippen LogP contribution is -1.93. The number of benzene rings is 3. The first-order chi connectivity index (χ1) is 12.6. The van der Waals surface area contributed by atoms with Crippen molar-refractivity contribution < 1.29 is 15.0 Å². The minimum Gasteiger partial charge on any atom is -0.508 e. The van der Waals surface area contributed by atoms with Crippen LogP contribution < -0.4 is 0 Å². The van der Waals surface area contributed by atoms with E-state index in [0.717, 1.165) is 16.6 Å². The fraction of sp³-hybridized carbons (Fsp3) is 0.0500. The van der Waals surface area contributed by atoms with E-state index in [9.17, 15) is 4.79 Å². The lowest BCUT2D eigenvalue weighted by molar-refractivity contribution is 0.0697. The van der Waals surface area contributed by atoms with Crippen LogP contribution in [0.2, 0.25) is 0 Å². The molecule has 0 radical (unpaired) electrons. The number of phenols is 1. The van der Waals surface area contributed by atoms with Crippen molar-refractivity contribution in [3.8, 4) is 5.75 Å². The van der Waals surface area contributed by atoms with Crippen molar-refractivity contribution in [3.63, 3.8) is 0 Å². The number of para-hydroxylation sites is 2. The third-order valence-electron chi connectivity index (χ3n) is 3.33. The van der Waals surface area contributed by atoms with Gasteiger partial charge in [0.2, 0.25) is 0 Å². The number of aromatic carboxylic acids is 1. The van der Waals surface area contributed by atoms with Gasteiger partial charge in [0.05, 0.1) is 5.56 Å². The Morgan fingerprint density at radius 2 is 1.46 bits per heavy atom. The topological polar surface area (TPSA) is 99.1 Å². The number of aromatic hydroxyl groups is 1. The molecule has 0 fully saturated rings. The molecule has 0 amide bonds. The van der Waals surface area contributed by atoms with E-state index in [1.165, 1.54) is 0 Å². The van der Waals surface area contributed by atoms with E-state index >= 15 is 0 Å². The van der Waals surface area contributed by atoms with Gasteiger partial charge in [-0.1, -0.05) is 48.5 Å². The molecule has 0 saturated heterocycles. The van der Waals surface area contributed by atoms with Crippen LogP contribution in [-0.4, -0.2) is 31.6 Å². The fourth-order valence-electron chi connectivity index (χ4n) is 2.02. The standard InChI is InChI=1S/C7H7N3.C7H6O2.C6H6O/c1-5-3-2-4-6-7(5)9-10-8-6;8-7(9)6-4-2-1-3-5-6;7-6-4-2-1-3-5-6/h2-4H,1H3,(H,8,9,10);1-5H,(H,8,9);1-5,7H. The maximum atomic E-state index is 10.2. The van der Waals surface area contributed by atoms with Crippen LogP contribution >= 0.6 is 0 Å². The molecular weight excluding hydrogens is 330 g/mol. The van der Waals surface area contributed by atoms with Gasteiger partial charge in [0.1, 0.15) is 16.8 Å². The van der Waals surface area contributed by atoms with Crippen molar-refractivity contribution in [3.05, 3.63) is 90.0 Å². The van der Waals surface area contributed by atoms with Crippen LogP contribution in [0, 0.1) is 6.92 Å². The average molecular weight is 349 g/mol. The van der Waals surface area contributed by atoms with Crippen molar-refractivity contribution in [2.24, 2.45) is 0 Å². The summed E-state index contributed by atoms with van der Waals surface area (Å²) in [5.74, 6) is -0.557. The monoisotopic (exact) mass is 349 g/mol. The minimum absolute atomic E-state index is 0.322. The van der Waals surface area contributed by atoms with Gasteiger partial charge in [-0.2, -0.15) is 15.4 Å². The number of nitrogens with zero attached hydrogens (tertiary/aromatic N) is 2. The molecule has 6 heteroatoms. The molecule has 0 bridgehead atoms. The first-order valence-corrected chi connectivity index (χ1v) is 7.86. The van der Waals surface area contributed by atoms with Crippen LogP contribution in [0.3, 0.4) is 0 Å². The molecule has 26 heavy (non-hydrogen) atoms. The molecule has 132 valence electrons. The zero-order valence-corrected chi connectivity index (χ0v) is 14.2. The van der Waals surface area contributed by atoms with Gasteiger partial charge in [-0.3, -0.25) is 0 Å².